The SMILES string of the molecule is C#CCOc1ccc(/C=C2\SC(=Nc3ccc(C(=O)OC)cc3)N(C)C2=O)cc1Cl. The normalized spacial score (nSPS) is 16.1. The minimum atomic E-state index is -0.420. The number of carbonyl (C=O) groups excluding carboxylic acids is 2. The summed E-state index contributed by atoms with van der Waals surface area (Å²) in [5, 5.41) is 0.931. The van der Waals surface area contributed by atoms with Crippen LogP contribution in [0.3, 0.4) is 0 Å². The molecule has 0 radical (unpaired) electrons. The number of thioether (sulfide) groups is 1. The number of rotatable bonds is 5. The Kier molecular flexibility index (Phi) is 6.83. The number of likely N-dealkylation sites (N-methyl/N-ethyl adjacent to an activating group) is 1. The molecule has 8 heteroatoms. The molecule has 0 saturated carbocycles. The molecule has 1 aliphatic heterocycles. The summed E-state index contributed by atoms with van der Waals surface area (Å²) in [4.78, 5) is 30.6. The summed E-state index contributed by atoms with van der Waals surface area (Å²) in [6, 6.07) is 11.8. The van der Waals surface area contributed by atoms with Gasteiger partial charge in [0.1, 0.15) is 12.4 Å². The highest BCUT2D eigenvalue weighted by Gasteiger charge is 2.30. The number of hydrogen-bond acceptors (Lipinski definition) is 6. The zero-order valence-electron chi connectivity index (χ0n) is 16.2. The zero-order chi connectivity index (χ0) is 21.7. The fourth-order valence-electron chi connectivity index (χ4n) is 2.55. The van der Waals surface area contributed by atoms with Gasteiger partial charge in [-0.2, -0.15) is 0 Å². The first-order valence-electron chi connectivity index (χ1n) is 8.73. The van der Waals surface area contributed by atoms with Crippen LogP contribution in [0.5, 0.6) is 5.75 Å². The molecule has 1 fully saturated rings. The molecule has 6 nitrogen and oxygen atoms in total. The highest BCUT2D eigenvalue weighted by Crippen LogP contribution is 2.34. The number of amides is 1. The number of hydrogen-bond donors (Lipinski definition) is 0. The number of amidine groups is 1. The summed E-state index contributed by atoms with van der Waals surface area (Å²) >= 11 is 7.47. The Morgan fingerprint density at radius 1 is 1.30 bits per heavy atom. The molecular weight excluding hydrogens is 424 g/mol. The van der Waals surface area contributed by atoms with E-state index in [1.54, 1.807) is 55.6 Å². The van der Waals surface area contributed by atoms with E-state index < -0.39 is 5.97 Å². The van der Waals surface area contributed by atoms with Crippen LogP contribution in [0, 0.1) is 12.3 Å². The Bertz CT molecular complexity index is 1090. The summed E-state index contributed by atoms with van der Waals surface area (Å²) in [5.74, 6) is 2.27. The van der Waals surface area contributed by atoms with Crippen LogP contribution in [0.4, 0.5) is 5.69 Å². The minimum absolute atomic E-state index is 0.125. The number of esters is 1. The summed E-state index contributed by atoms with van der Waals surface area (Å²) in [5.41, 5.74) is 1.79. The molecule has 1 saturated heterocycles. The van der Waals surface area contributed by atoms with Crippen molar-refractivity contribution in [1.29, 1.82) is 0 Å². The van der Waals surface area contributed by atoms with E-state index in [9.17, 15) is 9.59 Å². The fourth-order valence-corrected chi connectivity index (χ4v) is 3.78. The molecule has 1 heterocycles. The molecule has 0 N–H and O–H groups in total. The van der Waals surface area contributed by atoms with Crippen molar-refractivity contribution in [3.05, 3.63) is 63.5 Å². The Labute approximate surface area is 183 Å². The van der Waals surface area contributed by atoms with Gasteiger partial charge in [0, 0.05) is 7.05 Å². The van der Waals surface area contributed by atoms with Gasteiger partial charge in [-0.3, -0.25) is 9.69 Å². The van der Waals surface area contributed by atoms with Gasteiger partial charge in [-0.25, -0.2) is 9.79 Å². The molecule has 0 bridgehead atoms. The van der Waals surface area contributed by atoms with Crippen LogP contribution in [0.1, 0.15) is 15.9 Å². The molecule has 1 amide bonds. The lowest BCUT2D eigenvalue weighted by atomic mass is 10.2. The third kappa shape index (κ3) is 4.85. The number of benzene rings is 2. The van der Waals surface area contributed by atoms with Crippen LogP contribution in [0.15, 0.2) is 52.4 Å². The summed E-state index contributed by atoms with van der Waals surface area (Å²) < 4.78 is 10.0. The van der Waals surface area contributed by atoms with Crippen LogP contribution < -0.4 is 4.74 Å². The quantitative estimate of drug-likeness (QED) is 0.392. The van der Waals surface area contributed by atoms with Gasteiger partial charge < -0.3 is 9.47 Å². The maximum atomic E-state index is 12.6. The second-order valence-electron chi connectivity index (χ2n) is 6.09. The zero-order valence-corrected chi connectivity index (χ0v) is 17.8. The standard InChI is InChI=1S/C22H17ClN2O4S/c1-4-11-29-18-10-5-14(12-17(18)23)13-19-20(26)25(2)22(30-19)24-16-8-6-15(7-9-16)21(27)28-3/h1,5-10,12-13H,11H2,2-3H3/b19-13-,24-22?. The molecule has 0 spiro atoms. The number of methoxy groups -OCH3 is 1. The largest absolute Gasteiger partial charge is 0.479 e. The van der Waals surface area contributed by atoms with E-state index in [-0.39, 0.29) is 12.5 Å². The second-order valence-corrected chi connectivity index (χ2v) is 7.51. The maximum absolute atomic E-state index is 12.6. The van der Waals surface area contributed by atoms with Gasteiger partial charge >= 0.3 is 5.97 Å². The van der Waals surface area contributed by atoms with Crippen LogP contribution in [-0.4, -0.2) is 42.7 Å². The summed E-state index contributed by atoms with van der Waals surface area (Å²) in [6.45, 7) is 0.125. The van der Waals surface area contributed by atoms with Gasteiger partial charge in [0.2, 0.25) is 0 Å². The van der Waals surface area contributed by atoms with Gasteiger partial charge in [0.25, 0.3) is 5.91 Å². The third-order valence-electron chi connectivity index (χ3n) is 4.08. The van der Waals surface area contributed by atoms with E-state index in [0.717, 1.165) is 5.56 Å². The second kappa shape index (κ2) is 9.53. The number of aliphatic imine (C=N–C) groups is 1. The van der Waals surface area contributed by atoms with Crippen molar-refractivity contribution in [3.8, 4) is 18.1 Å². The van der Waals surface area contributed by atoms with Crippen LogP contribution >= 0.6 is 23.4 Å². The number of halogens is 1. The minimum Gasteiger partial charge on any atom is -0.479 e. The Hall–Kier alpha value is -3.21. The molecule has 152 valence electrons. The predicted octanol–water partition coefficient (Wildman–Crippen LogP) is 4.37. The van der Waals surface area contributed by atoms with Crippen molar-refractivity contribution in [2.45, 2.75) is 0 Å². The van der Waals surface area contributed by atoms with Crippen molar-refractivity contribution < 1.29 is 19.1 Å². The Morgan fingerprint density at radius 2 is 2.03 bits per heavy atom. The molecule has 0 atom stereocenters. The van der Waals surface area contributed by atoms with Crippen LogP contribution in [0.2, 0.25) is 5.02 Å². The smallest absolute Gasteiger partial charge is 0.337 e. The van der Waals surface area contributed by atoms with Gasteiger partial charge in [0.05, 0.1) is 28.3 Å². The molecule has 2 aromatic rings. The van der Waals surface area contributed by atoms with Crippen LogP contribution in [-0.2, 0) is 9.53 Å². The lowest BCUT2D eigenvalue weighted by Crippen LogP contribution is -2.23. The average Bonchev–Trinajstić information content (AvgIpc) is 3.01. The summed E-state index contributed by atoms with van der Waals surface area (Å²) in [7, 11) is 2.98. The van der Waals surface area contributed by atoms with E-state index in [2.05, 4.69) is 15.6 Å². The van der Waals surface area contributed by atoms with E-state index >= 15 is 0 Å². The van der Waals surface area contributed by atoms with E-state index in [1.807, 2.05) is 0 Å². The average molecular weight is 441 g/mol. The Balaban J connectivity index is 1.80. The number of terminal acetylenes is 1. The van der Waals surface area contributed by atoms with Gasteiger partial charge in [-0.15, -0.1) is 6.42 Å². The van der Waals surface area contributed by atoms with Crippen molar-refractivity contribution >= 4 is 52.2 Å². The van der Waals surface area contributed by atoms with E-state index in [4.69, 9.17) is 22.8 Å². The highest BCUT2D eigenvalue weighted by molar-refractivity contribution is 8.18. The molecule has 1 aliphatic rings. The number of nitrogens with zero attached hydrogens (tertiary/aromatic N) is 2. The lowest BCUT2D eigenvalue weighted by Gasteiger charge is -2.07. The molecule has 2 aromatic carbocycles. The van der Waals surface area contributed by atoms with E-state index in [1.165, 1.54) is 23.8 Å². The van der Waals surface area contributed by atoms with E-state index in [0.29, 0.717) is 32.1 Å². The monoisotopic (exact) mass is 440 g/mol. The first kappa shape index (κ1) is 21.5. The maximum Gasteiger partial charge on any atom is 0.337 e. The third-order valence-corrected chi connectivity index (χ3v) is 5.44. The first-order valence-corrected chi connectivity index (χ1v) is 9.93. The topological polar surface area (TPSA) is 68.2 Å². The van der Waals surface area contributed by atoms with Gasteiger partial charge in [-0.1, -0.05) is 23.6 Å². The molecule has 0 unspecified atom stereocenters. The van der Waals surface area contributed by atoms with Crippen molar-refractivity contribution in [3.63, 3.8) is 0 Å². The lowest BCUT2D eigenvalue weighted by molar-refractivity contribution is -0.121. The van der Waals surface area contributed by atoms with Gasteiger partial charge in [-0.05, 0) is 59.8 Å². The van der Waals surface area contributed by atoms with Crippen molar-refractivity contribution in [2.24, 2.45) is 4.99 Å². The Morgan fingerprint density at radius 3 is 2.67 bits per heavy atom. The number of carbonyl (C=O) groups is 2. The molecule has 30 heavy (non-hydrogen) atoms. The van der Waals surface area contributed by atoms with Crippen molar-refractivity contribution in [2.75, 3.05) is 20.8 Å². The summed E-state index contributed by atoms with van der Waals surface area (Å²) in [6.07, 6.45) is 6.92. The van der Waals surface area contributed by atoms with Crippen molar-refractivity contribution in [1.82, 2.24) is 4.90 Å². The fraction of sp³-hybridized carbons (Fsp3) is 0.136. The predicted molar refractivity (Wildman–Crippen MR) is 119 cm³/mol. The highest BCUT2D eigenvalue weighted by atomic mass is 35.5. The van der Waals surface area contributed by atoms with Gasteiger partial charge in [0.15, 0.2) is 5.17 Å². The van der Waals surface area contributed by atoms with Crippen LogP contribution in [0.25, 0.3) is 6.08 Å². The molecular formula is C22H17ClN2O4S. The number of ether oxygens (including phenoxy) is 2. The molecule has 0 aliphatic carbocycles. The molecule has 0 aromatic heterocycles. The molecule has 3 rings (SSSR count). The first-order chi connectivity index (χ1) is 14.4.